The fraction of sp³-hybridized carbons (Fsp3) is 0.381. The zero-order valence-electron chi connectivity index (χ0n) is 16.9. The zero-order valence-corrected chi connectivity index (χ0v) is 16.9. The highest BCUT2D eigenvalue weighted by atomic mass is 16.5. The van der Waals surface area contributed by atoms with Gasteiger partial charge in [0.25, 0.3) is 5.56 Å². The van der Waals surface area contributed by atoms with Crippen molar-refractivity contribution in [2.45, 2.75) is 39.3 Å². The van der Waals surface area contributed by atoms with Gasteiger partial charge >= 0.3 is 11.8 Å². The highest BCUT2D eigenvalue weighted by Crippen LogP contribution is 2.19. The number of rotatable bonds is 6. The first-order valence-electron chi connectivity index (χ1n) is 9.88. The Morgan fingerprint density at radius 1 is 1.23 bits per heavy atom. The molecule has 1 fully saturated rings. The van der Waals surface area contributed by atoms with E-state index in [9.17, 15) is 9.59 Å². The third-order valence-electron chi connectivity index (χ3n) is 5.14. The number of nitrogens with zero attached hydrogens (tertiary/aromatic N) is 4. The van der Waals surface area contributed by atoms with Crippen molar-refractivity contribution in [3.05, 3.63) is 63.5 Å². The molecule has 3 aromatic rings. The summed E-state index contributed by atoms with van der Waals surface area (Å²) in [5, 5.41) is 10.9. The second kappa shape index (κ2) is 8.58. The number of nitrogens with one attached hydrogen (secondary N) is 1. The summed E-state index contributed by atoms with van der Waals surface area (Å²) in [7, 11) is 0. The number of carbonyl (C=O) groups is 1. The number of carbonyl (C=O) groups excluding carboxylic acids is 1. The van der Waals surface area contributed by atoms with Crippen LogP contribution in [-0.4, -0.2) is 45.1 Å². The van der Waals surface area contributed by atoms with Gasteiger partial charge in [0.2, 0.25) is 0 Å². The molecular weight excluding hydrogens is 386 g/mol. The van der Waals surface area contributed by atoms with Crippen LogP contribution in [0.3, 0.4) is 0 Å². The molecule has 3 heterocycles. The van der Waals surface area contributed by atoms with Crippen LogP contribution in [-0.2, 0) is 11.3 Å². The molecule has 30 heavy (non-hydrogen) atoms. The Morgan fingerprint density at radius 2 is 2.10 bits per heavy atom. The van der Waals surface area contributed by atoms with E-state index in [1.54, 1.807) is 6.07 Å². The molecule has 1 amide bonds. The Bertz CT molecular complexity index is 1110. The molecule has 9 heteroatoms. The lowest BCUT2D eigenvalue weighted by Crippen LogP contribution is -2.32. The van der Waals surface area contributed by atoms with E-state index in [2.05, 4.69) is 20.6 Å². The zero-order chi connectivity index (χ0) is 21.1. The maximum atomic E-state index is 12.2. The van der Waals surface area contributed by atoms with Crippen molar-refractivity contribution in [2.24, 2.45) is 0 Å². The molecule has 1 aliphatic rings. The predicted molar refractivity (Wildman–Crippen MR) is 108 cm³/mol. The van der Waals surface area contributed by atoms with Gasteiger partial charge in [-0.15, -0.1) is 0 Å². The maximum Gasteiger partial charge on any atom is 0.316 e. The van der Waals surface area contributed by atoms with Gasteiger partial charge in [-0.3, -0.25) is 9.59 Å². The summed E-state index contributed by atoms with van der Waals surface area (Å²) in [4.78, 5) is 28.5. The van der Waals surface area contributed by atoms with Gasteiger partial charge in [-0.25, -0.2) is 4.68 Å². The standard InChI is InChI=1S/C21H23N5O4/c1-13-5-6-15(10-14(13)2)17-7-8-19(27)26(24-17)12-18-23-21(30-25-18)20(28)22-11-16-4-3-9-29-16/h5-8,10,16H,3-4,9,11-12H2,1-2H3,(H,22,28). The van der Waals surface area contributed by atoms with Crippen LogP contribution in [0.1, 0.15) is 40.5 Å². The van der Waals surface area contributed by atoms with E-state index in [4.69, 9.17) is 9.26 Å². The van der Waals surface area contributed by atoms with E-state index in [1.807, 2.05) is 32.0 Å². The Morgan fingerprint density at radius 3 is 2.87 bits per heavy atom. The summed E-state index contributed by atoms with van der Waals surface area (Å²) in [6.45, 7) is 5.18. The summed E-state index contributed by atoms with van der Waals surface area (Å²) in [5.74, 6) is -0.418. The van der Waals surface area contributed by atoms with Gasteiger partial charge in [-0.2, -0.15) is 10.1 Å². The molecular formula is C21H23N5O4. The van der Waals surface area contributed by atoms with Crippen LogP contribution >= 0.6 is 0 Å². The molecule has 1 aliphatic heterocycles. The van der Waals surface area contributed by atoms with E-state index in [0.29, 0.717) is 18.8 Å². The van der Waals surface area contributed by atoms with Crippen molar-refractivity contribution in [3.63, 3.8) is 0 Å². The van der Waals surface area contributed by atoms with Gasteiger partial charge in [0.1, 0.15) is 6.54 Å². The third-order valence-corrected chi connectivity index (χ3v) is 5.14. The largest absolute Gasteiger partial charge is 0.376 e. The topological polar surface area (TPSA) is 112 Å². The molecule has 9 nitrogen and oxygen atoms in total. The van der Waals surface area contributed by atoms with E-state index < -0.39 is 5.91 Å². The maximum absolute atomic E-state index is 12.2. The molecule has 1 unspecified atom stereocenters. The highest BCUT2D eigenvalue weighted by Gasteiger charge is 2.20. The van der Waals surface area contributed by atoms with Crippen LogP contribution in [0.4, 0.5) is 0 Å². The molecule has 1 N–H and O–H groups in total. The van der Waals surface area contributed by atoms with Crippen molar-refractivity contribution >= 4 is 5.91 Å². The molecule has 1 saturated heterocycles. The average molecular weight is 409 g/mol. The number of ether oxygens (including phenoxy) is 1. The molecule has 0 bridgehead atoms. The summed E-state index contributed by atoms with van der Waals surface area (Å²) >= 11 is 0. The quantitative estimate of drug-likeness (QED) is 0.661. The summed E-state index contributed by atoms with van der Waals surface area (Å²) in [6, 6.07) is 9.14. The number of amides is 1. The van der Waals surface area contributed by atoms with Crippen molar-refractivity contribution in [2.75, 3.05) is 13.2 Å². The number of hydrogen-bond donors (Lipinski definition) is 1. The lowest BCUT2D eigenvalue weighted by molar-refractivity contribution is 0.0822. The number of aryl methyl sites for hydroxylation is 2. The lowest BCUT2D eigenvalue weighted by atomic mass is 10.0. The monoisotopic (exact) mass is 409 g/mol. The van der Waals surface area contributed by atoms with Crippen molar-refractivity contribution in [1.29, 1.82) is 0 Å². The van der Waals surface area contributed by atoms with E-state index in [-0.39, 0.29) is 29.9 Å². The first kappa shape index (κ1) is 20.0. The van der Waals surface area contributed by atoms with Crippen LogP contribution in [0.15, 0.2) is 39.6 Å². The van der Waals surface area contributed by atoms with E-state index in [0.717, 1.165) is 24.0 Å². The highest BCUT2D eigenvalue weighted by molar-refractivity contribution is 5.89. The summed E-state index contributed by atoms with van der Waals surface area (Å²) in [6.07, 6.45) is 1.93. The van der Waals surface area contributed by atoms with Gasteiger partial charge in [0, 0.05) is 24.8 Å². The van der Waals surface area contributed by atoms with Gasteiger partial charge in [-0.1, -0.05) is 17.3 Å². The normalized spacial score (nSPS) is 16.0. The number of aromatic nitrogens is 4. The molecule has 2 aromatic heterocycles. The third kappa shape index (κ3) is 4.46. The molecule has 0 spiro atoms. The minimum atomic E-state index is -0.464. The molecule has 0 saturated carbocycles. The lowest BCUT2D eigenvalue weighted by Gasteiger charge is -2.08. The molecule has 156 valence electrons. The van der Waals surface area contributed by atoms with Crippen molar-refractivity contribution in [3.8, 4) is 11.3 Å². The first-order chi connectivity index (χ1) is 14.5. The van der Waals surface area contributed by atoms with Crippen LogP contribution in [0.25, 0.3) is 11.3 Å². The Labute approximate surface area is 173 Å². The summed E-state index contributed by atoms with van der Waals surface area (Å²) < 4.78 is 11.8. The Balaban J connectivity index is 1.47. The molecule has 1 aromatic carbocycles. The van der Waals surface area contributed by atoms with E-state index >= 15 is 0 Å². The molecule has 4 rings (SSSR count). The predicted octanol–water partition coefficient (Wildman–Crippen LogP) is 1.87. The average Bonchev–Trinajstić information content (AvgIpc) is 3.42. The summed E-state index contributed by atoms with van der Waals surface area (Å²) in [5.41, 5.74) is 3.61. The fourth-order valence-corrected chi connectivity index (χ4v) is 3.25. The molecule has 0 radical (unpaired) electrons. The van der Waals surface area contributed by atoms with Crippen LogP contribution in [0.5, 0.6) is 0 Å². The minimum absolute atomic E-state index is 0.0000327. The smallest absolute Gasteiger partial charge is 0.316 e. The van der Waals surface area contributed by atoms with Gasteiger partial charge < -0.3 is 14.6 Å². The molecule has 1 atom stereocenters. The fourth-order valence-electron chi connectivity index (χ4n) is 3.25. The number of benzene rings is 1. The number of hydrogen-bond acceptors (Lipinski definition) is 7. The first-order valence-corrected chi connectivity index (χ1v) is 9.88. The Kier molecular flexibility index (Phi) is 5.71. The van der Waals surface area contributed by atoms with Crippen LogP contribution < -0.4 is 10.9 Å². The van der Waals surface area contributed by atoms with Crippen molar-refractivity contribution in [1.82, 2.24) is 25.2 Å². The van der Waals surface area contributed by atoms with Crippen molar-refractivity contribution < 1.29 is 14.1 Å². The van der Waals surface area contributed by atoms with Gasteiger partial charge in [0.05, 0.1) is 11.8 Å². The van der Waals surface area contributed by atoms with Gasteiger partial charge in [0.15, 0.2) is 5.82 Å². The minimum Gasteiger partial charge on any atom is -0.376 e. The molecule has 0 aliphatic carbocycles. The van der Waals surface area contributed by atoms with Crippen LogP contribution in [0.2, 0.25) is 0 Å². The second-order valence-electron chi connectivity index (χ2n) is 7.37. The van der Waals surface area contributed by atoms with Gasteiger partial charge in [-0.05, 0) is 49.9 Å². The van der Waals surface area contributed by atoms with E-state index in [1.165, 1.54) is 16.3 Å². The second-order valence-corrected chi connectivity index (χ2v) is 7.37. The SMILES string of the molecule is Cc1ccc(-c2ccc(=O)n(Cc3noc(C(=O)NCC4CCCO4)n3)n2)cc1C. The Hall–Kier alpha value is -3.33. The van der Waals surface area contributed by atoms with Crippen LogP contribution in [0, 0.1) is 13.8 Å².